The Bertz CT molecular complexity index is 410. The SMILES string of the molecule is Cc1c(Cl)c(C(=O)NCC2CCC2)nn1C. The van der Waals surface area contributed by atoms with Gasteiger partial charge in [0.2, 0.25) is 0 Å². The lowest BCUT2D eigenvalue weighted by Gasteiger charge is -2.25. The first-order valence-corrected chi connectivity index (χ1v) is 5.94. The van der Waals surface area contributed by atoms with Gasteiger partial charge in [0, 0.05) is 13.6 Å². The van der Waals surface area contributed by atoms with E-state index in [1.807, 2.05) is 6.92 Å². The van der Waals surface area contributed by atoms with Gasteiger partial charge < -0.3 is 5.32 Å². The highest BCUT2D eigenvalue weighted by Crippen LogP contribution is 2.25. The monoisotopic (exact) mass is 241 g/mol. The molecule has 88 valence electrons. The topological polar surface area (TPSA) is 46.9 Å². The van der Waals surface area contributed by atoms with Gasteiger partial charge in [0.25, 0.3) is 5.91 Å². The molecule has 1 N–H and O–H groups in total. The zero-order valence-electron chi connectivity index (χ0n) is 9.59. The van der Waals surface area contributed by atoms with Crippen LogP contribution in [0.1, 0.15) is 35.4 Å². The van der Waals surface area contributed by atoms with Crippen molar-refractivity contribution in [2.45, 2.75) is 26.2 Å². The zero-order valence-corrected chi connectivity index (χ0v) is 10.3. The van der Waals surface area contributed by atoms with Crippen molar-refractivity contribution in [2.24, 2.45) is 13.0 Å². The van der Waals surface area contributed by atoms with Gasteiger partial charge >= 0.3 is 0 Å². The molecule has 1 saturated carbocycles. The Morgan fingerprint density at radius 2 is 2.31 bits per heavy atom. The highest BCUT2D eigenvalue weighted by Gasteiger charge is 2.21. The summed E-state index contributed by atoms with van der Waals surface area (Å²) >= 11 is 6.03. The van der Waals surface area contributed by atoms with Crippen molar-refractivity contribution >= 4 is 17.5 Å². The molecule has 1 aromatic heterocycles. The number of amides is 1. The standard InChI is InChI=1S/C11H16ClN3O/c1-7-9(12)10(14-15(7)2)11(16)13-6-8-4-3-5-8/h8H,3-6H2,1-2H3,(H,13,16). The summed E-state index contributed by atoms with van der Waals surface area (Å²) < 4.78 is 1.63. The van der Waals surface area contributed by atoms with Crippen LogP contribution in [0.15, 0.2) is 0 Å². The van der Waals surface area contributed by atoms with Crippen LogP contribution in [0.5, 0.6) is 0 Å². The first-order valence-electron chi connectivity index (χ1n) is 5.57. The van der Waals surface area contributed by atoms with Crippen LogP contribution < -0.4 is 5.32 Å². The first-order chi connectivity index (χ1) is 7.59. The highest BCUT2D eigenvalue weighted by atomic mass is 35.5. The van der Waals surface area contributed by atoms with Crippen LogP contribution in [0.2, 0.25) is 5.02 Å². The lowest BCUT2D eigenvalue weighted by Crippen LogP contribution is -2.32. The minimum absolute atomic E-state index is 0.166. The van der Waals surface area contributed by atoms with E-state index in [0.717, 1.165) is 12.2 Å². The number of aromatic nitrogens is 2. The number of nitrogens with one attached hydrogen (secondary N) is 1. The molecule has 0 atom stereocenters. The fourth-order valence-corrected chi connectivity index (χ4v) is 1.99. The number of rotatable bonds is 3. The van der Waals surface area contributed by atoms with Crippen LogP contribution in [0.3, 0.4) is 0 Å². The number of carbonyl (C=O) groups excluding carboxylic acids is 1. The maximum Gasteiger partial charge on any atom is 0.273 e. The van der Waals surface area contributed by atoms with Crippen molar-refractivity contribution in [1.82, 2.24) is 15.1 Å². The Morgan fingerprint density at radius 3 is 2.75 bits per heavy atom. The predicted octanol–water partition coefficient (Wildman–Crippen LogP) is 1.91. The van der Waals surface area contributed by atoms with Crippen LogP contribution >= 0.6 is 11.6 Å². The van der Waals surface area contributed by atoms with E-state index in [4.69, 9.17) is 11.6 Å². The van der Waals surface area contributed by atoms with Crippen LogP contribution in [0, 0.1) is 12.8 Å². The van der Waals surface area contributed by atoms with Crippen molar-refractivity contribution in [2.75, 3.05) is 6.54 Å². The van der Waals surface area contributed by atoms with Gasteiger partial charge in [-0.3, -0.25) is 9.48 Å². The van der Waals surface area contributed by atoms with Gasteiger partial charge in [-0.1, -0.05) is 18.0 Å². The summed E-state index contributed by atoms with van der Waals surface area (Å²) in [6.45, 7) is 2.59. The van der Waals surface area contributed by atoms with Crippen molar-refractivity contribution in [3.63, 3.8) is 0 Å². The Balaban J connectivity index is 1.99. The van der Waals surface area contributed by atoms with Gasteiger partial charge in [0.15, 0.2) is 5.69 Å². The molecule has 0 unspecified atom stereocenters. The van der Waals surface area contributed by atoms with E-state index in [0.29, 0.717) is 16.6 Å². The molecule has 0 aromatic carbocycles. The number of hydrogen-bond acceptors (Lipinski definition) is 2. The summed E-state index contributed by atoms with van der Waals surface area (Å²) in [6, 6.07) is 0. The number of aryl methyl sites for hydroxylation is 1. The molecule has 1 amide bonds. The fraction of sp³-hybridized carbons (Fsp3) is 0.636. The average molecular weight is 242 g/mol. The first kappa shape index (κ1) is 11.5. The van der Waals surface area contributed by atoms with Crippen molar-refractivity contribution in [3.8, 4) is 0 Å². The second-order valence-electron chi connectivity index (χ2n) is 4.38. The maximum atomic E-state index is 11.8. The molecule has 2 rings (SSSR count). The minimum atomic E-state index is -0.166. The third kappa shape index (κ3) is 2.07. The third-order valence-electron chi connectivity index (χ3n) is 3.25. The summed E-state index contributed by atoms with van der Waals surface area (Å²) in [6.07, 6.45) is 3.72. The molecule has 1 aliphatic rings. The van der Waals surface area contributed by atoms with Crippen LogP contribution in [-0.2, 0) is 7.05 Å². The normalized spacial score (nSPS) is 15.9. The van der Waals surface area contributed by atoms with Crippen molar-refractivity contribution < 1.29 is 4.79 Å². The van der Waals surface area contributed by atoms with Gasteiger partial charge in [0.1, 0.15) is 0 Å². The van der Waals surface area contributed by atoms with E-state index >= 15 is 0 Å². The molecule has 0 spiro atoms. The molecule has 0 radical (unpaired) electrons. The molecule has 1 aliphatic carbocycles. The quantitative estimate of drug-likeness (QED) is 0.879. The molecule has 1 heterocycles. The van der Waals surface area contributed by atoms with E-state index < -0.39 is 0 Å². The predicted molar refractivity (Wildman–Crippen MR) is 62.6 cm³/mol. The largest absolute Gasteiger partial charge is 0.350 e. The molecule has 0 saturated heterocycles. The number of nitrogens with zero attached hydrogens (tertiary/aromatic N) is 2. The fourth-order valence-electron chi connectivity index (χ4n) is 1.75. The molecule has 4 nitrogen and oxygen atoms in total. The number of hydrogen-bond donors (Lipinski definition) is 1. The Kier molecular flexibility index (Phi) is 3.19. The van der Waals surface area contributed by atoms with E-state index in [2.05, 4.69) is 10.4 Å². The van der Waals surface area contributed by atoms with Gasteiger partial charge in [-0.15, -0.1) is 0 Å². The van der Waals surface area contributed by atoms with Crippen molar-refractivity contribution in [3.05, 3.63) is 16.4 Å². The lowest BCUT2D eigenvalue weighted by molar-refractivity contribution is 0.0933. The van der Waals surface area contributed by atoms with E-state index in [9.17, 15) is 4.79 Å². The minimum Gasteiger partial charge on any atom is -0.350 e. The molecule has 5 heteroatoms. The Labute approximate surface area is 100.0 Å². The van der Waals surface area contributed by atoms with Crippen LogP contribution in [0.25, 0.3) is 0 Å². The van der Waals surface area contributed by atoms with Crippen LogP contribution in [0.4, 0.5) is 0 Å². The molecule has 0 bridgehead atoms. The van der Waals surface area contributed by atoms with Crippen molar-refractivity contribution in [1.29, 1.82) is 0 Å². The molecule has 1 fully saturated rings. The summed E-state index contributed by atoms with van der Waals surface area (Å²) in [5, 5.41) is 7.44. The lowest BCUT2D eigenvalue weighted by atomic mass is 9.85. The van der Waals surface area contributed by atoms with E-state index in [-0.39, 0.29) is 5.91 Å². The molecular weight excluding hydrogens is 226 g/mol. The maximum absolute atomic E-state index is 11.8. The highest BCUT2D eigenvalue weighted by molar-refractivity contribution is 6.34. The zero-order chi connectivity index (χ0) is 11.7. The number of halogens is 1. The van der Waals surface area contributed by atoms with E-state index in [1.165, 1.54) is 19.3 Å². The van der Waals surface area contributed by atoms with Crippen LogP contribution in [-0.4, -0.2) is 22.2 Å². The summed E-state index contributed by atoms with van der Waals surface area (Å²) in [7, 11) is 1.78. The molecule has 0 aliphatic heterocycles. The third-order valence-corrected chi connectivity index (χ3v) is 3.70. The summed E-state index contributed by atoms with van der Waals surface area (Å²) in [4.78, 5) is 11.8. The second kappa shape index (κ2) is 4.45. The second-order valence-corrected chi connectivity index (χ2v) is 4.76. The Hall–Kier alpha value is -1.03. The van der Waals surface area contributed by atoms with Gasteiger partial charge in [-0.25, -0.2) is 0 Å². The molecule has 16 heavy (non-hydrogen) atoms. The van der Waals surface area contributed by atoms with Gasteiger partial charge in [0.05, 0.1) is 10.7 Å². The smallest absolute Gasteiger partial charge is 0.273 e. The van der Waals surface area contributed by atoms with Gasteiger partial charge in [-0.2, -0.15) is 5.10 Å². The van der Waals surface area contributed by atoms with Gasteiger partial charge in [-0.05, 0) is 25.7 Å². The summed E-state index contributed by atoms with van der Waals surface area (Å²) in [5.74, 6) is 0.480. The molecule has 1 aromatic rings. The summed E-state index contributed by atoms with van der Waals surface area (Å²) in [5.41, 5.74) is 1.15. The number of carbonyl (C=O) groups is 1. The Morgan fingerprint density at radius 1 is 1.62 bits per heavy atom. The average Bonchev–Trinajstić information content (AvgIpc) is 2.43. The molecular formula is C11H16ClN3O. The van der Waals surface area contributed by atoms with E-state index in [1.54, 1.807) is 11.7 Å².